The molecule has 0 aliphatic carbocycles. The van der Waals surface area contributed by atoms with Crippen LogP contribution in [0.4, 0.5) is 17.1 Å². The van der Waals surface area contributed by atoms with E-state index in [0.29, 0.717) is 18.0 Å². The van der Waals surface area contributed by atoms with E-state index in [1.165, 1.54) is 12.1 Å². The molecule has 0 atom stereocenters. The lowest BCUT2D eigenvalue weighted by atomic mass is 10.1. The Balaban J connectivity index is 2.09. The molecule has 0 saturated carbocycles. The Bertz CT molecular complexity index is 585. The van der Waals surface area contributed by atoms with E-state index in [2.05, 4.69) is 9.80 Å². The number of hydrogen-bond donors (Lipinski definition) is 1. The number of non-ortho nitro benzene ring substituents is 1. The fourth-order valence-electron chi connectivity index (χ4n) is 2.43. The molecule has 0 unspecified atom stereocenters. The van der Waals surface area contributed by atoms with Crippen LogP contribution in [0.5, 0.6) is 5.75 Å². The summed E-state index contributed by atoms with van der Waals surface area (Å²) in [4.78, 5) is 14.5. The van der Waals surface area contributed by atoms with Gasteiger partial charge in [-0.15, -0.1) is 0 Å². The topological polar surface area (TPSA) is 84.9 Å². The van der Waals surface area contributed by atoms with Gasteiger partial charge >= 0.3 is 0 Å². The molecule has 3 rings (SSSR count). The SMILES string of the molecule is CN1C=C2COc3cc([N+](=O)[O-])cc(N)c3N2CC1. The summed E-state index contributed by atoms with van der Waals surface area (Å²) in [5.74, 6) is 0.480. The molecule has 19 heavy (non-hydrogen) atoms. The molecule has 2 heterocycles. The number of anilines is 2. The number of ether oxygens (including phenoxy) is 1. The van der Waals surface area contributed by atoms with Crippen LogP contribution >= 0.6 is 0 Å². The van der Waals surface area contributed by atoms with Gasteiger partial charge in [0.25, 0.3) is 5.69 Å². The summed E-state index contributed by atoms with van der Waals surface area (Å²) in [6.07, 6.45) is 2.01. The number of rotatable bonds is 1. The first-order valence-corrected chi connectivity index (χ1v) is 5.95. The second-order valence-electron chi connectivity index (χ2n) is 4.68. The number of nitro benzene ring substituents is 1. The van der Waals surface area contributed by atoms with Crippen molar-refractivity contribution >= 4 is 17.1 Å². The van der Waals surface area contributed by atoms with Crippen molar-refractivity contribution in [2.45, 2.75) is 0 Å². The van der Waals surface area contributed by atoms with Crippen molar-refractivity contribution in [2.24, 2.45) is 0 Å². The van der Waals surface area contributed by atoms with Crippen LogP contribution in [0.25, 0.3) is 0 Å². The predicted octanol–water partition coefficient (Wildman–Crippen LogP) is 1.16. The van der Waals surface area contributed by atoms with Gasteiger partial charge in [-0.1, -0.05) is 0 Å². The van der Waals surface area contributed by atoms with Crippen molar-refractivity contribution in [3.05, 3.63) is 34.1 Å². The molecule has 0 spiro atoms. The van der Waals surface area contributed by atoms with Crippen molar-refractivity contribution < 1.29 is 9.66 Å². The molecular weight excluding hydrogens is 248 g/mol. The lowest BCUT2D eigenvalue weighted by molar-refractivity contribution is -0.384. The standard InChI is InChI=1S/C12H14N4O3/c1-14-2-3-15-9(6-14)7-19-11-5-8(16(17)18)4-10(13)12(11)15/h4-6H,2-3,7,13H2,1H3. The maximum atomic E-state index is 10.8. The first kappa shape index (κ1) is 11.6. The molecule has 7 heteroatoms. The highest BCUT2D eigenvalue weighted by Crippen LogP contribution is 2.43. The van der Waals surface area contributed by atoms with E-state index in [-0.39, 0.29) is 5.69 Å². The number of likely N-dealkylation sites (N-methyl/N-ethyl adjacent to an activating group) is 1. The molecule has 0 radical (unpaired) electrons. The Morgan fingerprint density at radius 1 is 1.42 bits per heavy atom. The summed E-state index contributed by atoms with van der Waals surface area (Å²) in [5, 5.41) is 10.8. The summed E-state index contributed by atoms with van der Waals surface area (Å²) in [6, 6.07) is 2.81. The summed E-state index contributed by atoms with van der Waals surface area (Å²) >= 11 is 0. The van der Waals surface area contributed by atoms with Gasteiger partial charge < -0.3 is 20.3 Å². The van der Waals surface area contributed by atoms with E-state index in [0.717, 1.165) is 24.5 Å². The Labute approximate surface area is 110 Å². The number of nitro groups is 1. The third-order valence-corrected chi connectivity index (χ3v) is 3.34. The Morgan fingerprint density at radius 3 is 2.95 bits per heavy atom. The van der Waals surface area contributed by atoms with Gasteiger partial charge in [-0.05, 0) is 0 Å². The van der Waals surface area contributed by atoms with E-state index in [4.69, 9.17) is 10.5 Å². The van der Waals surface area contributed by atoms with Crippen LogP contribution in [0.15, 0.2) is 24.0 Å². The van der Waals surface area contributed by atoms with Gasteiger partial charge in [0.2, 0.25) is 0 Å². The molecule has 0 aromatic heterocycles. The van der Waals surface area contributed by atoms with Crippen molar-refractivity contribution in [1.82, 2.24) is 4.90 Å². The van der Waals surface area contributed by atoms with Gasteiger partial charge in [-0.25, -0.2) is 0 Å². The van der Waals surface area contributed by atoms with Crippen molar-refractivity contribution in [1.29, 1.82) is 0 Å². The third kappa shape index (κ3) is 1.83. The average molecular weight is 262 g/mol. The number of fused-ring (bicyclic) bond motifs is 3. The predicted molar refractivity (Wildman–Crippen MR) is 71.1 cm³/mol. The lowest BCUT2D eigenvalue weighted by Crippen LogP contribution is -2.41. The van der Waals surface area contributed by atoms with Crippen molar-refractivity contribution in [2.75, 3.05) is 37.4 Å². The second-order valence-corrected chi connectivity index (χ2v) is 4.68. The van der Waals surface area contributed by atoms with Crippen LogP contribution in [0.1, 0.15) is 0 Å². The Morgan fingerprint density at radius 2 is 2.21 bits per heavy atom. The summed E-state index contributed by atoms with van der Waals surface area (Å²) in [6.45, 7) is 2.07. The normalized spacial score (nSPS) is 17.2. The Hall–Kier alpha value is -2.44. The highest BCUT2D eigenvalue weighted by molar-refractivity contribution is 5.81. The highest BCUT2D eigenvalue weighted by Gasteiger charge is 2.29. The number of nitrogen functional groups attached to an aromatic ring is 1. The average Bonchev–Trinajstić information content (AvgIpc) is 2.37. The van der Waals surface area contributed by atoms with Crippen LogP contribution in [-0.2, 0) is 0 Å². The van der Waals surface area contributed by atoms with E-state index in [1.54, 1.807) is 0 Å². The van der Waals surface area contributed by atoms with Crippen LogP contribution in [-0.4, -0.2) is 36.6 Å². The Kier molecular flexibility index (Phi) is 2.48. The van der Waals surface area contributed by atoms with Crippen LogP contribution in [0, 0.1) is 10.1 Å². The van der Waals surface area contributed by atoms with Crippen LogP contribution in [0.2, 0.25) is 0 Å². The van der Waals surface area contributed by atoms with Gasteiger partial charge in [0, 0.05) is 32.4 Å². The van der Waals surface area contributed by atoms with E-state index in [1.807, 2.05) is 13.2 Å². The first-order chi connectivity index (χ1) is 9.06. The van der Waals surface area contributed by atoms with E-state index in [9.17, 15) is 10.1 Å². The van der Waals surface area contributed by atoms with Crippen LogP contribution < -0.4 is 15.4 Å². The third-order valence-electron chi connectivity index (χ3n) is 3.34. The summed E-state index contributed by atoms with van der Waals surface area (Å²) in [7, 11) is 2.00. The fourth-order valence-corrected chi connectivity index (χ4v) is 2.43. The van der Waals surface area contributed by atoms with Gasteiger partial charge in [-0.2, -0.15) is 0 Å². The zero-order valence-corrected chi connectivity index (χ0v) is 10.5. The molecule has 0 fully saturated rings. The molecule has 100 valence electrons. The van der Waals surface area contributed by atoms with Crippen LogP contribution in [0.3, 0.4) is 0 Å². The number of hydrogen-bond acceptors (Lipinski definition) is 6. The minimum absolute atomic E-state index is 0.0437. The molecule has 0 bridgehead atoms. The van der Waals surface area contributed by atoms with Crippen molar-refractivity contribution in [3.63, 3.8) is 0 Å². The first-order valence-electron chi connectivity index (χ1n) is 5.95. The minimum atomic E-state index is -0.463. The molecule has 0 saturated heterocycles. The summed E-state index contributed by atoms with van der Waals surface area (Å²) in [5.41, 5.74) is 8.03. The molecular formula is C12H14N4O3. The fraction of sp³-hybridized carbons (Fsp3) is 0.333. The molecule has 1 aromatic rings. The molecule has 1 aromatic carbocycles. The second kappa shape index (κ2) is 4.04. The van der Waals surface area contributed by atoms with E-state index >= 15 is 0 Å². The number of nitrogens with two attached hydrogens (primary N) is 1. The maximum Gasteiger partial charge on any atom is 0.275 e. The molecule has 2 aliphatic heterocycles. The molecule has 0 amide bonds. The van der Waals surface area contributed by atoms with E-state index < -0.39 is 4.92 Å². The lowest BCUT2D eigenvalue weighted by Gasteiger charge is -2.39. The smallest absolute Gasteiger partial charge is 0.275 e. The molecule has 2 N–H and O–H groups in total. The molecule has 7 nitrogen and oxygen atoms in total. The van der Waals surface area contributed by atoms with Gasteiger partial charge in [0.1, 0.15) is 12.3 Å². The molecule has 2 aliphatic rings. The monoisotopic (exact) mass is 262 g/mol. The van der Waals surface area contributed by atoms with Crippen molar-refractivity contribution in [3.8, 4) is 5.75 Å². The largest absolute Gasteiger partial charge is 0.485 e. The highest BCUT2D eigenvalue weighted by atomic mass is 16.6. The quantitative estimate of drug-likeness (QED) is 0.464. The van der Waals surface area contributed by atoms with Gasteiger partial charge in [-0.3, -0.25) is 10.1 Å². The minimum Gasteiger partial charge on any atom is -0.485 e. The van der Waals surface area contributed by atoms with Gasteiger partial charge in [0.05, 0.1) is 22.4 Å². The zero-order chi connectivity index (χ0) is 13.6. The maximum absolute atomic E-state index is 10.8. The zero-order valence-electron chi connectivity index (χ0n) is 10.5. The summed E-state index contributed by atoms with van der Waals surface area (Å²) < 4.78 is 5.59. The van der Waals surface area contributed by atoms with Gasteiger partial charge in [0.15, 0.2) is 5.75 Å². The number of benzene rings is 1. The number of nitrogens with zero attached hydrogens (tertiary/aromatic N) is 3.